The average Bonchev–Trinajstić information content (AvgIpc) is 3.30. The number of aryl methyl sites for hydroxylation is 1. The van der Waals surface area contributed by atoms with Crippen molar-refractivity contribution in [1.29, 1.82) is 0 Å². The van der Waals surface area contributed by atoms with Gasteiger partial charge in [0.1, 0.15) is 25.1 Å². The van der Waals surface area contributed by atoms with Crippen molar-refractivity contribution in [2.75, 3.05) is 0 Å². The number of halogens is 1. The number of para-hydroxylation sites is 1. The van der Waals surface area contributed by atoms with Crippen LogP contribution in [0, 0.1) is 13.8 Å². The van der Waals surface area contributed by atoms with Crippen molar-refractivity contribution in [2.45, 2.75) is 73.3 Å². The molecule has 0 spiro atoms. The van der Waals surface area contributed by atoms with Gasteiger partial charge in [-0.1, -0.05) is 101 Å². The van der Waals surface area contributed by atoms with Gasteiger partial charge in [0.2, 0.25) is 0 Å². The molecule has 3 rings (SSSR count). The number of nitrogens with one attached hydrogen (secondary N) is 1. The highest BCUT2D eigenvalue weighted by molar-refractivity contribution is 9.10. The van der Waals surface area contributed by atoms with E-state index in [0.29, 0.717) is 6.04 Å². The van der Waals surface area contributed by atoms with Crippen molar-refractivity contribution in [3.63, 3.8) is 0 Å². The van der Waals surface area contributed by atoms with Gasteiger partial charge in [0, 0.05) is 11.6 Å². The van der Waals surface area contributed by atoms with Crippen LogP contribution in [0.2, 0.25) is 0 Å². The van der Waals surface area contributed by atoms with Crippen LogP contribution in [0.1, 0.15) is 70.2 Å². The first-order valence-corrected chi connectivity index (χ1v) is 13.9. The number of carbonyl (C=O) groups excluding carboxylic acids is 2. The monoisotopic (exact) mass is 599 g/mol. The number of nitrogens with zero attached hydrogens (tertiary/aromatic N) is 2. The number of phenolic OH excluding ortho intramolecular Hbond substituents is 1. The highest BCUT2D eigenvalue weighted by Gasteiger charge is 2.14. The van der Waals surface area contributed by atoms with Crippen molar-refractivity contribution in [3.8, 4) is 5.75 Å². The third kappa shape index (κ3) is 14.3. The van der Waals surface area contributed by atoms with Crippen LogP contribution in [0.3, 0.4) is 0 Å². The lowest BCUT2D eigenvalue weighted by Gasteiger charge is -2.22. The Morgan fingerprint density at radius 1 is 0.974 bits per heavy atom. The molecule has 6 nitrogen and oxygen atoms in total. The molecule has 0 saturated heterocycles. The maximum atomic E-state index is 10.1. The van der Waals surface area contributed by atoms with Crippen LogP contribution in [-0.2, 0) is 9.59 Å². The van der Waals surface area contributed by atoms with Crippen LogP contribution in [-0.4, -0.2) is 34.5 Å². The predicted octanol–water partition coefficient (Wildman–Crippen LogP) is 8.38. The molecule has 39 heavy (non-hydrogen) atoms. The largest absolute Gasteiger partial charge is 0.507 e. The Bertz CT molecular complexity index is 1070. The molecule has 1 heterocycles. The van der Waals surface area contributed by atoms with Gasteiger partial charge < -0.3 is 20.0 Å². The lowest BCUT2D eigenvalue weighted by atomic mass is 10.0. The van der Waals surface area contributed by atoms with E-state index in [1.54, 1.807) is 12.3 Å². The summed E-state index contributed by atoms with van der Waals surface area (Å²) in [5.74, 6) is 1.10. The quantitative estimate of drug-likeness (QED) is 0.241. The molecule has 0 fully saturated rings. The number of aromatic hydroxyl groups is 1. The van der Waals surface area contributed by atoms with Crippen LogP contribution < -0.4 is 5.32 Å². The van der Waals surface area contributed by atoms with Gasteiger partial charge in [-0.2, -0.15) is 5.10 Å². The molecule has 0 unspecified atom stereocenters. The summed E-state index contributed by atoms with van der Waals surface area (Å²) in [5.41, 5.74) is 3.80. The molecule has 0 aliphatic heterocycles. The molecule has 1 aromatic heterocycles. The second kappa shape index (κ2) is 23.7. The molecule has 2 N–H and O–H groups in total. The van der Waals surface area contributed by atoms with Gasteiger partial charge >= 0.3 is 0 Å². The Hall–Kier alpha value is -3.45. The SMILES string of the molecule is C=C(/C=C(/NC(CCC)CCC)n1ncc(Br)c1C)c1ccccc1O.C=O.C=O.CC.Cc1ccccc1. The zero-order valence-corrected chi connectivity index (χ0v) is 26.0. The first kappa shape index (κ1) is 37.7. The third-order valence-electron chi connectivity index (χ3n) is 5.31. The van der Waals surface area contributed by atoms with E-state index < -0.39 is 0 Å². The van der Waals surface area contributed by atoms with Crippen LogP contribution >= 0.6 is 15.9 Å². The summed E-state index contributed by atoms with van der Waals surface area (Å²) in [4.78, 5) is 16.0. The van der Waals surface area contributed by atoms with Gasteiger partial charge in [0.15, 0.2) is 0 Å². The van der Waals surface area contributed by atoms with Crippen molar-refractivity contribution in [1.82, 2.24) is 15.1 Å². The number of carbonyl (C=O) groups is 2. The number of aromatic nitrogens is 2. The van der Waals surface area contributed by atoms with Crippen LogP contribution in [0.15, 0.2) is 77.9 Å². The molecule has 0 radical (unpaired) electrons. The van der Waals surface area contributed by atoms with Gasteiger partial charge in [-0.05, 0) is 60.3 Å². The smallest absolute Gasteiger partial charge is 0.128 e. The summed E-state index contributed by atoms with van der Waals surface area (Å²) in [6.45, 7) is 20.7. The third-order valence-corrected chi connectivity index (χ3v) is 6.08. The molecule has 0 saturated carbocycles. The minimum Gasteiger partial charge on any atom is -0.507 e. The molecule has 3 aromatic rings. The first-order chi connectivity index (χ1) is 18.9. The van der Waals surface area contributed by atoms with E-state index >= 15 is 0 Å². The normalized spacial score (nSPS) is 9.79. The van der Waals surface area contributed by atoms with Crippen LogP contribution in [0.4, 0.5) is 0 Å². The van der Waals surface area contributed by atoms with Crippen molar-refractivity contribution >= 4 is 40.9 Å². The lowest BCUT2D eigenvalue weighted by molar-refractivity contribution is -0.0987. The summed E-state index contributed by atoms with van der Waals surface area (Å²) < 4.78 is 2.84. The predicted molar refractivity (Wildman–Crippen MR) is 170 cm³/mol. The number of hydrogen-bond acceptors (Lipinski definition) is 5. The number of hydrogen-bond donors (Lipinski definition) is 2. The molecular weight excluding hydrogens is 554 g/mol. The Labute approximate surface area is 244 Å². The van der Waals surface area contributed by atoms with Crippen molar-refractivity contribution in [2.24, 2.45) is 0 Å². The summed E-state index contributed by atoms with van der Waals surface area (Å²) in [6.07, 6.45) is 8.17. The molecule has 7 heteroatoms. The number of allylic oxidation sites excluding steroid dienone is 2. The van der Waals surface area contributed by atoms with E-state index in [9.17, 15) is 5.11 Å². The minimum atomic E-state index is 0.227. The maximum absolute atomic E-state index is 10.1. The average molecular weight is 601 g/mol. The fraction of sp³-hybridized carbons (Fsp3) is 0.344. The van der Waals surface area contributed by atoms with E-state index in [-0.39, 0.29) is 5.75 Å². The Morgan fingerprint density at radius 2 is 1.49 bits per heavy atom. The second-order valence-corrected chi connectivity index (χ2v) is 8.99. The number of rotatable bonds is 9. The van der Waals surface area contributed by atoms with E-state index in [4.69, 9.17) is 9.59 Å². The zero-order valence-electron chi connectivity index (χ0n) is 24.4. The molecule has 0 amide bonds. The topological polar surface area (TPSA) is 84.2 Å². The molecule has 0 bridgehead atoms. The number of benzene rings is 2. The molecule has 0 atom stereocenters. The van der Waals surface area contributed by atoms with E-state index in [1.165, 1.54) is 5.56 Å². The van der Waals surface area contributed by atoms with Crippen LogP contribution in [0.25, 0.3) is 11.4 Å². The summed E-state index contributed by atoms with van der Waals surface area (Å²) in [7, 11) is 0. The van der Waals surface area contributed by atoms with E-state index in [1.807, 2.05) is 81.5 Å². The van der Waals surface area contributed by atoms with Crippen molar-refractivity contribution in [3.05, 3.63) is 94.7 Å². The summed E-state index contributed by atoms with van der Waals surface area (Å²) in [5, 5.41) is 18.3. The number of phenols is 1. The summed E-state index contributed by atoms with van der Waals surface area (Å²) >= 11 is 3.53. The molecule has 0 aliphatic carbocycles. The lowest BCUT2D eigenvalue weighted by Crippen LogP contribution is -2.30. The highest BCUT2D eigenvalue weighted by Crippen LogP contribution is 2.27. The molecule has 2 aromatic carbocycles. The Kier molecular flexibility index (Phi) is 22.9. The van der Waals surface area contributed by atoms with E-state index in [0.717, 1.165) is 52.8 Å². The molecule has 0 aliphatic rings. The van der Waals surface area contributed by atoms with Crippen molar-refractivity contribution < 1.29 is 14.7 Å². The fourth-order valence-electron chi connectivity index (χ4n) is 3.51. The molecule has 214 valence electrons. The van der Waals surface area contributed by atoms with Gasteiger partial charge in [0.05, 0.1) is 16.4 Å². The molecular formula is C32H46BrN3O3. The minimum absolute atomic E-state index is 0.227. The second-order valence-electron chi connectivity index (χ2n) is 8.13. The van der Waals surface area contributed by atoms with Gasteiger partial charge in [-0.25, -0.2) is 4.68 Å². The Morgan fingerprint density at radius 3 is 1.90 bits per heavy atom. The maximum Gasteiger partial charge on any atom is 0.128 e. The fourth-order valence-corrected chi connectivity index (χ4v) is 3.77. The van der Waals surface area contributed by atoms with Gasteiger partial charge in [-0.15, -0.1) is 0 Å². The highest BCUT2D eigenvalue weighted by atomic mass is 79.9. The first-order valence-electron chi connectivity index (χ1n) is 13.1. The zero-order chi connectivity index (χ0) is 30.2. The summed E-state index contributed by atoms with van der Waals surface area (Å²) in [6, 6.07) is 17.9. The van der Waals surface area contributed by atoms with Gasteiger partial charge in [-0.3, -0.25) is 0 Å². The van der Waals surface area contributed by atoms with E-state index in [2.05, 4.69) is 65.8 Å². The standard InChI is InChI=1S/C21H28BrN3O.C7H8.C2H6.2CH2O/c1-5-9-17(10-6-2)24-21(25-16(4)19(22)14-23-25)13-15(3)18-11-7-8-12-20(18)26;1-7-5-3-2-4-6-7;3*1-2/h7-8,11-14,17,24,26H,3,5-6,9-10H2,1-2,4H3;2-6H,1H3;1-2H3;2*1H2/b21-13-;;;;. The Balaban J connectivity index is 0. The van der Waals surface area contributed by atoms with Crippen LogP contribution in [0.5, 0.6) is 5.75 Å². The van der Waals surface area contributed by atoms with Gasteiger partial charge in [0.25, 0.3) is 0 Å².